The van der Waals surface area contributed by atoms with Crippen molar-refractivity contribution < 1.29 is 19.1 Å². The number of thiophene rings is 1. The van der Waals surface area contributed by atoms with Crippen molar-refractivity contribution in [1.29, 1.82) is 0 Å². The van der Waals surface area contributed by atoms with Crippen molar-refractivity contribution >= 4 is 23.0 Å². The van der Waals surface area contributed by atoms with Gasteiger partial charge in [-0.05, 0) is 49.5 Å². The van der Waals surface area contributed by atoms with Gasteiger partial charge in [0.25, 0.3) is 5.91 Å². The van der Waals surface area contributed by atoms with Gasteiger partial charge in [-0.1, -0.05) is 12.5 Å². The summed E-state index contributed by atoms with van der Waals surface area (Å²) in [5.74, 6) is -1.26. The van der Waals surface area contributed by atoms with Gasteiger partial charge < -0.3 is 19.3 Å². The number of nitrogens with zero attached hydrogens (tertiary/aromatic N) is 2. The molecule has 2 aliphatic rings. The number of Topliss-reactive ketones (excluding diaryl/α,β-unsaturated/α-hetero) is 1. The van der Waals surface area contributed by atoms with Crippen molar-refractivity contribution in [2.45, 2.75) is 25.3 Å². The third-order valence-electron chi connectivity index (χ3n) is 5.21. The van der Waals surface area contributed by atoms with E-state index in [0.29, 0.717) is 6.54 Å². The second-order valence-electron chi connectivity index (χ2n) is 6.89. The van der Waals surface area contributed by atoms with Gasteiger partial charge in [0.1, 0.15) is 0 Å². The molecule has 0 radical (unpaired) electrons. The first-order valence-electron chi connectivity index (χ1n) is 9.25. The molecule has 2 aliphatic heterocycles. The summed E-state index contributed by atoms with van der Waals surface area (Å²) < 4.78 is 5.22. The Hall–Kier alpha value is -2.38. The predicted octanol–water partition coefficient (Wildman–Crippen LogP) is 3.41. The lowest BCUT2D eigenvalue weighted by Crippen LogP contribution is -2.40. The van der Waals surface area contributed by atoms with Crippen LogP contribution in [-0.4, -0.2) is 52.8 Å². The third-order valence-corrected chi connectivity index (χ3v) is 6.14. The van der Waals surface area contributed by atoms with E-state index in [4.69, 9.17) is 4.42 Å². The highest BCUT2D eigenvalue weighted by atomic mass is 32.1. The molecule has 0 aliphatic carbocycles. The van der Waals surface area contributed by atoms with Crippen LogP contribution in [0.25, 0.3) is 0 Å². The van der Waals surface area contributed by atoms with E-state index in [1.807, 2.05) is 17.5 Å². The molecule has 1 saturated heterocycles. The first-order chi connectivity index (χ1) is 13.2. The van der Waals surface area contributed by atoms with Crippen LogP contribution in [0.5, 0.6) is 0 Å². The fourth-order valence-corrected chi connectivity index (χ4v) is 4.68. The Balaban J connectivity index is 1.62. The van der Waals surface area contributed by atoms with Gasteiger partial charge in [0.15, 0.2) is 11.5 Å². The van der Waals surface area contributed by atoms with Crippen molar-refractivity contribution in [3.05, 3.63) is 57.9 Å². The highest BCUT2D eigenvalue weighted by Gasteiger charge is 2.44. The van der Waals surface area contributed by atoms with Gasteiger partial charge in [-0.25, -0.2) is 0 Å². The van der Waals surface area contributed by atoms with Crippen LogP contribution < -0.4 is 0 Å². The average Bonchev–Trinajstić information content (AvgIpc) is 3.43. The number of carbonyl (C=O) groups is 2. The maximum atomic E-state index is 12.9. The first kappa shape index (κ1) is 18.0. The molecule has 0 spiro atoms. The Bertz CT molecular complexity index is 835. The summed E-state index contributed by atoms with van der Waals surface area (Å²) in [4.78, 5) is 30.5. The number of aliphatic hydroxyl groups excluding tert-OH is 1. The van der Waals surface area contributed by atoms with Crippen molar-refractivity contribution in [2.24, 2.45) is 0 Å². The molecular weight excluding hydrogens is 364 g/mol. The summed E-state index contributed by atoms with van der Waals surface area (Å²) >= 11 is 1.47. The standard InChI is InChI=1S/C20H22N2O4S/c23-18(14-6-4-12-26-14)16-17(15-7-5-13-27-15)22(20(25)19(16)24)11-10-21-8-2-1-3-9-21/h4-7,12-13,17,24H,1-3,8-11H2. The Morgan fingerprint density at radius 1 is 1.19 bits per heavy atom. The van der Waals surface area contributed by atoms with E-state index < -0.39 is 23.5 Å². The second-order valence-corrected chi connectivity index (χ2v) is 7.87. The van der Waals surface area contributed by atoms with Crippen LogP contribution in [0.3, 0.4) is 0 Å². The summed E-state index contributed by atoms with van der Waals surface area (Å²) in [6, 6.07) is 6.38. The van der Waals surface area contributed by atoms with Gasteiger partial charge in [0.05, 0.1) is 17.9 Å². The molecule has 1 atom stereocenters. The van der Waals surface area contributed by atoms with E-state index in [1.54, 1.807) is 17.0 Å². The van der Waals surface area contributed by atoms with Crippen molar-refractivity contribution in [1.82, 2.24) is 9.80 Å². The van der Waals surface area contributed by atoms with Gasteiger partial charge >= 0.3 is 0 Å². The molecule has 142 valence electrons. The molecule has 27 heavy (non-hydrogen) atoms. The van der Waals surface area contributed by atoms with Crippen LogP contribution in [-0.2, 0) is 4.79 Å². The number of hydrogen-bond donors (Lipinski definition) is 1. The van der Waals surface area contributed by atoms with E-state index in [9.17, 15) is 14.7 Å². The highest BCUT2D eigenvalue weighted by Crippen LogP contribution is 2.40. The lowest BCUT2D eigenvalue weighted by atomic mass is 10.0. The minimum atomic E-state index is -0.570. The number of carbonyl (C=O) groups excluding carboxylic acids is 2. The lowest BCUT2D eigenvalue weighted by Gasteiger charge is -2.31. The van der Waals surface area contributed by atoms with E-state index >= 15 is 0 Å². The number of furan rings is 1. The number of piperidine rings is 1. The molecule has 2 aromatic heterocycles. The van der Waals surface area contributed by atoms with Gasteiger partial charge in [-0.2, -0.15) is 0 Å². The monoisotopic (exact) mass is 386 g/mol. The molecule has 4 rings (SSSR count). The molecule has 2 aromatic rings. The number of hydrogen-bond acceptors (Lipinski definition) is 6. The zero-order chi connectivity index (χ0) is 18.8. The number of amides is 1. The Kier molecular flexibility index (Phi) is 5.13. The molecule has 0 bridgehead atoms. The van der Waals surface area contributed by atoms with Crippen LogP contribution in [0.15, 0.2) is 51.7 Å². The van der Waals surface area contributed by atoms with E-state index in [0.717, 1.165) is 24.5 Å². The van der Waals surface area contributed by atoms with Gasteiger partial charge in [0, 0.05) is 18.0 Å². The summed E-state index contributed by atoms with van der Waals surface area (Å²) in [7, 11) is 0. The van der Waals surface area contributed by atoms with Gasteiger partial charge in [-0.3, -0.25) is 9.59 Å². The zero-order valence-electron chi connectivity index (χ0n) is 15.0. The van der Waals surface area contributed by atoms with Crippen molar-refractivity contribution in [2.75, 3.05) is 26.2 Å². The Labute approximate surface area is 161 Å². The van der Waals surface area contributed by atoms with Crippen molar-refractivity contribution in [3.8, 4) is 0 Å². The molecule has 1 fully saturated rings. The predicted molar refractivity (Wildman–Crippen MR) is 102 cm³/mol. The van der Waals surface area contributed by atoms with Crippen LogP contribution in [0, 0.1) is 0 Å². The van der Waals surface area contributed by atoms with Crippen LogP contribution in [0.4, 0.5) is 0 Å². The number of aliphatic hydroxyl groups is 1. The van der Waals surface area contributed by atoms with Gasteiger partial charge in [0.2, 0.25) is 5.78 Å². The topological polar surface area (TPSA) is 74.0 Å². The van der Waals surface area contributed by atoms with E-state index in [2.05, 4.69) is 4.90 Å². The minimum absolute atomic E-state index is 0.107. The van der Waals surface area contributed by atoms with Crippen molar-refractivity contribution in [3.63, 3.8) is 0 Å². The summed E-state index contributed by atoms with van der Waals surface area (Å²) in [6.07, 6.45) is 5.01. The number of ketones is 1. The molecule has 4 heterocycles. The normalized spacial score (nSPS) is 21.3. The number of rotatable bonds is 6. The molecule has 1 amide bonds. The minimum Gasteiger partial charge on any atom is -0.503 e. The third kappa shape index (κ3) is 3.44. The Morgan fingerprint density at radius 2 is 2.00 bits per heavy atom. The molecule has 6 nitrogen and oxygen atoms in total. The molecule has 7 heteroatoms. The molecular formula is C20H22N2O4S. The zero-order valence-corrected chi connectivity index (χ0v) is 15.8. The molecule has 1 unspecified atom stereocenters. The summed E-state index contributed by atoms with van der Waals surface area (Å²) in [6.45, 7) is 3.27. The molecule has 1 N–H and O–H groups in total. The maximum absolute atomic E-state index is 12.9. The summed E-state index contributed by atoms with van der Waals surface area (Å²) in [5, 5.41) is 12.4. The number of likely N-dealkylation sites (tertiary alicyclic amines) is 1. The fraction of sp³-hybridized carbons (Fsp3) is 0.400. The highest BCUT2D eigenvalue weighted by molar-refractivity contribution is 7.10. The average molecular weight is 386 g/mol. The molecule has 0 saturated carbocycles. The van der Waals surface area contributed by atoms with Crippen LogP contribution >= 0.6 is 11.3 Å². The fourth-order valence-electron chi connectivity index (χ4n) is 3.83. The van der Waals surface area contributed by atoms with E-state index in [-0.39, 0.29) is 11.3 Å². The summed E-state index contributed by atoms with van der Waals surface area (Å²) in [5.41, 5.74) is 0.107. The van der Waals surface area contributed by atoms with Gasteiger partial charge in [-0.15, -0.1) is 11.3 Å². The SMILES string of the molecule is O=C(C1=C(O)C(=O)N(CCN2CCCCC2)C1c1cccs1)c1ccco1. The smallest absolute Gasteiger partial charge is 0.290 e. The quantitative estimate of drug-likeness (QED) is 0.770. The van der Waals surface area contributed by atoms with E-state index in [1.165, 1.54) is 36.9 Å². The first-order valence-corrected chi connectivity index (χ1v) is 10.1. The lowest BCUT2D eigenvalue weighted by molar-refractivity contribution is -0.129. The van der Waals surface area contributed by atoms with Crippen LogP contribution in [0.1, 0.15) is 40.7 Å². The molecule has 0 aromatic carbocycles. The largest absolute Gasteiger partial charge is 0.503 e. The Morgan fingerprint density at radius 3 is 2.67 bits per heavy atom. The maximum Gasteiger partial charge on any atom is 0.290 e. The second kappa shape index (κ2) is 7.70. The van der Waals surface area contributed by atoms with Crippen LogP contribution in [0.2, 0.25) is 0 Å².